The Kier molecular flexibility index (Phi) is 4.05. The van der Waals surface area contributed by atoms with E-state index in [1.54, 1.807) is 19.2 Å². The number of para-hydroxylation sites is 1. The summed E-state index contributed by atoms with van der Waals surface area (Å²) in [6.07, 6.45) is -2.81. The predicted octanol–water partition coefficient (Wildman–Crippen LogP) is 4.68. The van der Waals surface area contributed by atoms with Crippen molar-refractivity contribution in [1.29, 1.82) is 0 Å². The lowest BCUT2D eigenvalue weighted by molar-refractivity contribution is -0.137. The molecular formula is C18H15F3N2O. The molecule has 0 saturated heterocycles. The van der Waals surface area contributed by atoms with E-state index in [9.17, 15) is 18.0 Å². The van der Waals surface area contributed by atoms with Crippen LogP contribution in [-0.2, 0) is 6.18 Å². The molecule has 0 aliphatic rings. The highest BCUT2D eigenvalue weighted by molar-refractivity contribution is 6.06. The Hall–Kier alpha value is -2.76. The molecule has 0 fully saturated rings. The fourth-order valence-electron chi connectivity index (χ4n) is 2.60. The normalized spacial score (nSPS) is 13.0. The van der Waals surface area contributed by atoms with Crippen LogP contribution in [-0.4, -0.2) is 10.9 Å². The number of H-pyrrole nitrogens is 1. The summed E-state index contributed by atoms with van der Waals surface area (Å²) in [5.41, 5.74) is 0.963. The van der Waals surface area contributed by atoms with Crippen LogP contribution < -0.4 is 5.32 Å². The Morgan fingerprint density at radius 2 is 1.88 bits per heavy atom. The predicted molar refractivity (Wildman–Crippen MR) is 85.6 cm³/mol. The molecule has 24 heavy (non-hydrogen) atoms. The molecule has 1 heterocycles. The van der Waals surface area contributed by atoms with Gasteiger partial charge in [-0.25, -0.2) is 0 Å². The van der Waals surface area contributed by atoms with Crippen LogP contribution in [0.1, 0.15) is 34.5 Å². The van der Waals surface area contributed by atoms with Crippen LogP contribution in [0.25, 0.3) is 10.9 Å². The molecular weight excluding hydrogens is 317 g/mol. The van der Waals surface area contributed by atoms with Crippen molar-refractivity contribution in [2.24, 2.45) is 0 Å². The van der Waals surface area contributed by atoms with Gasteiger partial charge in [0.2, 0.25) is 0 Å². The van der Waals surface area contributed by atoms with Crippen LogP contribution in [0.15, 0.2) is 54.7 Å². The number of aromatic nitrogens is 1. The Morgan fingerprint density at radius 1 is 1.12 bits per heavy atom. The zero-order valence-electron chi connectivity index (χ0n) is 12.8. The Morgan fingerprint density at radius 3 is 2.62 bits per heavy atom. The van der Waals surface area contributed by atoms with Gasteiger partial charge in [-0.3, -0.25) is 4.79 Å². The maximum absolute atomic E-state index is 12.8. The van der Waals surface area contributed by atoms with Gasteiger partial charge >= 0.3 is 6.18 Å². The van der Waals surface area contributed by atoms with Crippen molar-refractivity contribution in [3.8, 4) is 0 Å². The van der Waals surface area contributed by atoms with Gasteiger partial charge in [-0.15, -0.1) is 0 Å². The lowest BCUT2D eigenvalue weighted by Crippen LogP contribution is -2.26. The molecule has 124 valence electrons. The third-order valence-corrected chi connectivity index (χ3v) is 3.90. The molecule has 1 atom stereocenters. The standard InChI is InChI=1S/C18H15F3N2O/c1-11(12-5-4-6-13(9-12)18(19,20)21)23-17(24)15-10-22-16-8-3-2-7-14(15)16/h2-11,22H,1H3,(H,23,24)/t11-/m1/s1. The van der Waals surface area contributed by atoms with Gasteiger partial charge in [0.05, 0.1) is 17.2 Å². The van der Waals surface area contributed by atoms with Gasteiger partial charge in [0.1, 0.15) is 0 Å². The van der Waals surface area contributed by atoms with E-state index in [-0.39, 0.29) is 5.91 Å². The van der Waals surface area contributed by atoms with Crippen molar-refractivity contribution < 1.29 is 18.0 Å². The van der Waals surface area contributed by atoms with E-state index in [2.05, 4.69) is 10.3 Å². The van der Waals surface area contributed by atoms with E-state index in [4.69, 9.17) is 0 Å². The number of hydrogen-bond donors (Lipinski definition) is 2. The molecule has 3 nitrogen and oxygen atoms in total. The summed E-state index contributed by atoms with van der Waals surface area (Å²) >= 11 is 0. The highest BCUT2D eigenvalue weighted by atomic mass is 19.4. The number of alkyl halides is 3. The second kappa shape index (κ2) is 6.03. The van der Waals surface area contributed by atoms with Gasteiger partial charge < -0.3 is 10.3 Å². The monoisotopic (exact) mass is 332 g/mol. The van der Waals surface area contributed by atoms with E-state index >= 15 is 0 Å². The average molecular weight is 332 g/mol. The van der Waals surface area contributed by atoms with Crippen LogP contribution in [0.4, 0.5) is 13.2 Å². The van der Waals surface area contributed by atoms with E-state index in [0.717, 1.165) is 23.0 Å². The summed E-state index contributed by atoms with van der Waals surface area (Å²) in [6, 6.07) is 11.8. The lowest BCUT2D eigenvalue weighted by Gasteiger charge is -2.16. The number of carbonyl (C=O) groups excluding carboxylic acids is 1. The Bertz CT molecular complexity index is 883. The van der Waals surface area contributed by atoms with E-state index in [0.29, 0.717) is 11.1 Å². The van der Waals surface area contributed by atoms with Gasteiger partial charge in [0, 0.05) is 17.1 Å². The fraction of sp³-hybridized carbons (Fsp3) is 0.167. The molecule has 3 aromatic rings. The van der Waals surface area contributed by atoms with Crippen LogP contribution in [0, 0.1) is 0 Å². The fourth-order valence-corrected chi connectivity index (χ4v) is 2.60. The first-order valence-electron chi connectivity index (χ1n) is 7.40. The van der Waals surface area contributed by atoms with E-state index in [1.807, 2.05) is 24.3 Å². The molecule has 0 aliphatic carbocycles. The number of aromatic amines is 1. The van der Waals surface area contributed by atoms with Crippen molar-refractivity contribution in [3.63, 3.8) is 0 Å². The highest BCUT2D eigenvalue weighted by Crippen LogP contribution is 2.30. The minimum Gasteiger partial charge on any atom is -0.360 e. The van der Waals surface area contributed by atoms with Crippen LogP contribution in [0.5, 0.6) is 0 Å². The molecule has 0 bridgehead atoms. The highest BCUT2D eigenvalue weighted by Gasteiger charge is 2.30. The number of nitrogens with one attached hydrogen (secondary N) is 2. The summed E-state index contributed by atoms with van der Waals surface area (Å²) in [5.74, 6) is -0.336. The van der Waals surface area contributed by atoms with E-state index < -0.39 is 17.8 Å². The van der Waals surface area contributed by atoms with Crippen molar-refractivity contribution in [3.05, 3.63) is 71.4 Å². The molecule has 6 heteroatoms. The molecule has 2 N–H and O–H groups in total. The summed E-state index contributed by atoms with van der Waals surface area (Å²) in [5, 5.41) is 3.51. The maximum atomic E-state index is 12.8. The number of amides is 1. The van der Waals surface area contributed by atoms with Crippen LogP contribution in [0.2, 0.25) is 0 Å². The molecule has 0 unspecified atom stereocenters. The van der Waals surface area contributed by atoms with E-state index in [1.165, 1.54) is 6.07 Å². The summed E-state index contributed by atoms with van der Waals surface area (Å²) in [7, 11) is 0. The Balaban J connectivity index is 1.82. The third kappa shape index (κ3) is 3.13. The number of halogens is 3. The van der Waals surface area contributed by atoms with Crippen LogP contribution in [0.3, 0.4) is 0 Å². The number of fused-ring (bicyclic) bond motifs is 1. The average Bonchev–Trinajstić information content (AvgIpc) is 2.98. The summed E-state index contributed by atoms with van der Waals surface area (Å²) in [4.78, 5) is 15.4. The quantitative estimate of drug-likeness (QED) is 0.719. The molecule has 1 aromatic heterocycles. The summed E-state index contributed by atoms with van der Waals surface area (Å²) in [6.45, 7) is 1.65. The molecule has 2 aromatic carbocycles. The first-order chi connectivity index (χ1) is 11.4. The molecule has 0 spiro atoms. The second-order valence-corrected chi connectivity index (χ2v) is 5.57. The number of carbonyl (C=O) groups is 1. The molecule has 0 saturated carbocycles. The van der Waals surface area contributed by atoms with Gasteiger partial charge in [-0.2, -0.15) is 13.2 Å². The lowest BCUT2D eigenvalue weighted by atomic mass is 10.0. The first kappa shape index (κ1) is 16.1. The zero-order chi connectivity index (χ0) is 17.3. The summed E-state index contributed by atoms with van der Waals surface area (Å²) < 4.78 is 38.4. The minimum absolute atomic E-state index is 0.336. The van der Waals surface area contributed by atoms with Gasteiger partial charge in [-0.05, 0) is 30.7 Å². The minimum atomic E-state index is -4.41. The van der Waals surface area contributed by atoms with Crippen molar-refractivity contribution in [2.45, 2.75) is 19.1 Å². The Labute approximate surface area is 136 Å². The SMILES string of the molecule is C[C@@H](NC(=O)c1c[nH]c2ccccc12)c1cccc(C(F)(F)F)c1. The van der Waals surface area contributed by atoms with Gasteiger partial charge in [-0.1, -0.05) is 30.3 Å². The molecule has 3 rings (SSSR count). The van der Waals surface area contributed by atoms with Gasteiger partial charge in [0.25, 0.3) is 5.91 Å². The number of rotatable bonds is 3. The van der Waals surface area contributed by atoms with Crippen LogP contribution >= 0.6 is 0 Å². The van der Waals surface area contributed by atoms with Crippen molar-refractivity contribution in [1.82, 2.24) is 10.3 Å². The zero-order valence-corrected chi connectivity index (χ0v) is 12.8. The van der Waals surface area contributed by atoms with Crippen molar-refractivity contribution >= 4 is 16.8 Å². The molecule has 1 amide bonds. The largest absolute Gasteiger partial charge is 0.416 e. The number of hydrogen-bond acceptors (Lipinski definition) is 1. The van der Waals surface area contributed by atoms with Crippen molar-refractivity contribution in [2.75, 3.05) is 0 Å². The topological polar surface area (TPSA) is 44.9 Å². The number of benzene rings is 2. The first-order valence-corrected chi connectivity index (χ1v) is 7.40. The second-order valence-electron chi connectivity index (χ2n) is 5.57. The molecule has 0 radical (unpaired) electrons. The maximum Gasteiger partial charge on any atom is 0.416 e. The smallest absolute Gasteiger partial charge is 0.360 e. The third-order valence-electron chi connectivity index (χ3n) is 3.90. The van der Waals surface area contributed by atoms with Gasteiger partial charge in [0.15, 0.2) is 0 Å². The molecule has 0 aliphatic heterocycles.